The summed E-state index contributed by atoms with van der Waals surface area (Å²) in [6, 6.07) is 3.64. The summed E-state index contributed by atoms with van der Waals surface area (Å²) in [5, 5.41) is 18.4. The van der Waals surface area contributed by atoms with Crippen molar-refractivity contribution in [3.63, 3.8) is 0 Å². The van der Waals surface area contributed by atoms with Crippen molar-refractivity contribution in [1.82, 2.24) is 0 Å². The number of carbonyl (C=O) groups is 1. The molecular weight excluding hydrogens is 263 g/mol. The fourth-order valence-electron chi connectivity index (χ4n) is 1.65. The molecular formula is C12H14F3NO3. The van der Waals surface area contributed by atoms with E-state index in [4.69, 9.17) is 5.11 Å². The number of Topliss-reactive ketones (excluding diaryl/α,β-unsaturated/α-hetero) is 1. The lowest BCUT2D eigenvalue weighted by Gasteiger charge is -2.25. The predicted octanol–water partition coefficient (Wildman–Crippen LogP) is 1.96. The number of carbonyl (C=O) groups excluding carboxylic acids is 1. The van der Waals surface area contributed by atoms with Gasteiger partial charge in [0, 0.05) is 18.3 Å². The van der Waals surface area contributed by atoms with Crippen molar-refractivity contribution in [2.75, 3.05) is 24.6 Å². The van der Waals surface area contributed by atoms with Gasteiger partial charge in [0.05, 0.1) is 12.2 Å². The molecule has 0 amide bonds. The van der Waals surface area contributed by atoms with Gasteiger partial charge in [-0.15, -0.1) is 0 Å². The van der Waals surface area contributed by atoms with E-state index in [-0.39, 0.29) is 29.3 Å². The summed E-state index contributed by atoms with van der Waals surface area (Å²) in [4.78, 5) is 12.0. The molecule has 19 heavy (non-hydrogen) atoms. The van der Waals surface area contributed by atoms with Crippen LogP contribution in [0.2, 0.25) is 0 Å². The number of rotatable bonds is 5. The van der Waals surface area contributed by atoms with Crippen LogP contribution in [0.25, 0.3) is 0 Å². The number of benzene rings is 1. The Bertz CT molecular complexity index is 460. The molecule has 1 rings (SSSR count). The van der Waals surface area contributed by atoms with Gasteiger partial charge in [0.15, 0.2) is 5.78 Å². The second-order valence-electron chi connectivity index (χ2n) is 4.02. The van der Waals surface area contributed by atoms with Crippen LogP contribution in [0, 0.1) is 0 Å². The van der Waals surface area contributed by atoms with E-state index in [1.165, 1.54) is 19.1 Å². The Morgan fingerprint density at radius 2 is 2.00 bits per heavy atom. The summed E-state index contributed by atoms with van der Waals surface area (Å²) in [5.74, 6) is -0.760. The van der Waals surface area contributed by atoms with Crippen LogP contribution >= 0.6 is 0 Å². The average molecular weight is 277 g/mol. The van der Waals surface area contributed by atoms with Crippen molar-refractivity contribution in [2.45, 2.75) is 13.1 Å². The lowest BCUT2D eigenvalue weighted by molar-refractivity contribution is -0.119. The summed E-state index contributed by atoms with van der Waals surface area (Å²) in [7, 11) is 0. The minimum atomic E-state index is -4.43. The Labute approximate surface area is 108 Å². The molecule has 7 heteroatoms. The van der Waals surface area contributed by atoms with Crippen molar-refractivity contribution in [1.29, 1.82) is 0 Å². The van der Waals surface area contributed by atoms with Crippen LogP contribution in [0.15, 0.2) is 18.2 Å². The number of anilines is 1. The van der Waals surface area contributed by atoms with Crippen molar-refractivity contribution < 1.29 is 28.2 Å². The van der Waals surface area contributed by atoms with E-state index < -0.39 is 19.3 Å². The third kappa shape index (κ3) is 4.44. The molecule has 0 aromatic heterocycles. The lowest BCUT2D eigenvalue weighted by Crippen LogP contribution is -2.36. The highest BCUT2D eigenvalue weighted by Gasteiger charge is 2.31. The van der Waals surface area contributed by atoms with Crippen LogP contribution in [0.4, 0.5) is 18.9 Å². The van der Waals surface area contributed by atoms with Gasteiger partial charge in [0.25, 0.3) is 0 Å². The van der Waals surface area contributed by atoms with Crippen LogP contribution in [0.3, 0.4) is 0 Å². The lowest BCUT2D eigenvalue weighted by atomic mass is 10.1. The van der Waals surface area contributed by atoms with E-state index in [2.05, 4.69) is 0 Å². The second kappa shape index (κ2) is 5.92. The maximum atomic E-state index is 12.4. The normalized spacial score (nSPS) is 11.4. The Kier molecular flexibility index (Phi) is 4.77. The highest BCUT2D eigenvalue weighted by Crippen LogP contribution is 2.27. The Hall–Kier alpha value is -1.76. The van der Waals surface area contributed by atoms with Crippen LogP contribution in [-0.4, -0.2) is 41.9 Å². The molecule has 0 aliphatic carbocycles. The van der Waals surface area contributed by atoms with E-state index >= 15 is 0 Å². The van der Waals surface area contributed by atoms with Gasteiger partial charge in [-0.25, -0.2) is 0 Å². The van der Waals surface area contributed by atoms with Crippen LogP contribution in [0.5, 0.6) is 5.75 Å². The van der Waals surface area contributed by atoms with E-state index in [1.807, 2.05) is 0 Å². The second-order valence-corrected chi connectivity index (χ2v) is 4.02. The largest absolute Gasteiger partial charge is 0.507 e. The highest BCUT2D eigenvalue weighted by molar-refractivity contribution is 5.97. The molecule has 0 fully saturated rings. The van der Waals surface area contributed by atoms with Gasteiger partial charge >= 0.3 is 6.18 Å². The van der Waals surface area contributed by atoms with Crippen molar-refractivity contribution in [2.24, 2.45) is 0 Å². The molecule has 4 nitrogen and oxygen atoms in total. The molecule has 0 unspecified atom stereocenters. The first-order chi connectivity index (χ1) is 8.74. The van der Waals surface area contributed by atoms with Gasteiger partial charge in [-0.2, -0.15) is 13.2 Å². The molecule has 1 aromatic rings. The number of hydrogen-bond acceptors (Lipinski definition) is 4. The van der Waals surface area contributed by atoms with Crippen LogP contribution < -0.4 is 4.90 Å². The van der Waals surface area contributed by atoms with Crippen molar-refractivity contribution in [3.05, 3.63) is 23.8 Å². The van der Waals surface area contributed by atoms with Crippen molar-refractivity contribution >= 4 is 11.5 Å². The number of phenols is 1. The molecule has 0 spiro atoms. The number of aliphatic hydroxyl groups is 1. The standard InChI is InChI=1S/C12H14F3NO3/c1-8(18)10-3-2-9(6-11(10)19)16(4-5-17)7-12(13,14)15/h2-3,6,17,19H,4-5,7H2,1H3. The molecule has 0 aliphatic rings. The zero-order valence-electron chi connectivity index (χ0n) is 10.2. The summed E-state index contributed by atoms with van der Waals surface area (Å²) in [6.45, 7) is -0.675. The van der Waals surface area contributed by atoms with E-state index in [1.54, 1.807) is 0 Å². The third-order valence-electron chi connectivity index (χ3n) is 2.47. The highest BCUT2D eigenvalue weighted by atomic mass is 19.4. The molecule has 106 valence electrons. The molecule has 0 aliphatic heterocycles. The molecule has 0 bridgehead atoms. The van der Waals surface area contributed by atoms with Crippen LogP contribution in [-0.2, 0) is 0 Å². The first-order valence-corrected chi connectivity index (χ1v) is 5.51. The van der Waals surface area contributed by atoms with Gasteiger partial charge in [0.2, 0.25) is 0 Å². The SMILES string of the molecule is CC(=O)c1ccc(N(CCO)CC(F)(F)F)cc1O. The predicted molar refractivity (Wildman–Crippen MR) is 63.5 cm³/mol. The molecule has 0 atom stereocenters. The van der Waals surface area contributed by atoms with Gasteiger partial charge in [-0.3, -0.25) is 4.79 Å². The first kappa shape index (κ1) is 15.3. The number of aromatic hydroxyl groups is 1. The summed E-state index contributed by atoms with van der Waals surface area (Å²) < 4.78 is 37.1. The molecule has 2 N–H and O–H groups in total. The Morgan fingerprint density at radius 3 is 2.42 bits per heavy atom. The van der Waals surface area contributed by atoms with Gasteiger partial charge in [-0.05, 0) is 19.1 Å². The van der Waals surface area contributed by atoms with Gasteiger partial charge in [-0.1, -0.05) is 0 Å². The minimum Gasteiger partial charge on any atom is -0.507 e. The van der Waals surface area contributed by atoms with Crippen LogP contribution in [0.1, 0.15) is 17.3 Å². The van der Waals surface area contributed by atoms with Gasteiger partial charge in [0.1, 0.15) is 12.3 Å². The maximum Gasteiger partial charge on any atom is 0.405 e. The van der Waals surface area contributed by atoms with Gasteiger partial charge < -0.3 is 15.1 Å². The first-order valence-electron chi connectivity index (χ1n) is 5.51. The van der Waals surface area contributed by atoms with E-state index in [9.17, 15) is 23.1 Å². The summed E-state index contributed by atoms with van der Waals surface area (Å²) in [6.07, 6.45) is -4.43. The molecule has 0 saturated heterocycles. The maximum absolute atomic E-state index is 12.4. The Balaban J connectivity index is 3.03. The average Bonchev–Trinajstić information content (AvgIpc) is 2.26. The minimum absolute atomic E-state index is 0.0414. The fourth-order valence-corrected chi connectivity index (χ4v) is 1.65. The number of hydrogen-bond donors (Lipinski definition) is 2. The molecule has 0 radical (unpaired) electrons. The molecule has 1 aromatic carbocycles. The zero-order valence-corrected chi connectivity index (χ0v) is 10.2. The Morgan fingerprint density at radius 1 is 1.37 bits per heavy atom. The topological polar surface area (TPSA) is 60.8 Å². The number of aliphatic hydroxyl groups excluding tert-OH is 1. The number of halogens is 3. The molecule has 0 saturated carbocycles. The number of phenolic OH excluding ortho intramolecular Hbond substituents is 1. The van der Waals surface area contributed by atoms with E-state index in [0.29, 0.717) is 0 Å². The number of alkyl halides is 3. The van der Waals surface area contributed by atoms with Crippen molar-refractivity contribution in [3.8, 4) is 5.75 Å². The smallest absolute Gasteiger partial charge is 0.405 e. The third-order valence-corrected chi connectivity index (χ3v) is 2.47. The molecule has 0 heterocycles. The quantitative estimate of drug-likeness (QED) is 0.808. The van der Waals surface area contributed by atoms with E-state index in [0.717, 1.165) is 11.0 Å². The monoisotopic (exact) mass is 277 g/mol. The fraction of sp³-hybridized carbons (Fsp3) is 0.417. The summed E-state index contributed by atoms with van der Waals surface area (Å²) >= 11 is 0. The number of ketones is 1. The summed E-state index contributed by atoms with van der Waals surface area (Å²) in [5.41, 5.74) is 0.133. The number of nitrogens with zero attached hydrogens (tertiary/aromatic N) is 1. The zero-order chi connectivity index (χ0) is 14.6.